The van der Waals surface area contributed by atoms with Crippen molar-refractivity contribution in [3.05, 3.63) is 35.2 Å². The molecule has 0 saturated heterocycles. The molecule has 2 aromatic rings. The second kappa shape index (κ2) is 6.99. The highest BCUT2D eigenvalue weighted by atomic mass is 32.2. The van der Waals surface area contributed by atoms with Gasteiger partial charge in [0.1, 0.15) is 4.21 Å². The molecule has 2 rings (SSSR count). The van der Waals surface area contributed by atoms with Crippen molar-refractivity contribution in [2.24, 2.45) is 0 Å². The Bertz CT molecular complexity index is 726. The predicted octanol–water partition coefficient (Wildman–Crippen LogP) is 2.25. The summed E-state index contributed by atoms with van der Waals surface area (Å²) in [6.45, 7) is 0.0871. The standard InChI is InChI=1S/C14H17NO5S2/c1-18-11-7-6-10(13(19-2)14(11)20-3)9-15-22(16,17)12-5-4-8-21-12/h4-8,15H,9H2,1-3H3. The van der Waals surface area contributed by atoms with Gasteiger partial charge in [0.05, 0.1) is 21.3 Å². The molecule has 1 aromatic carbocycles. The summed E-state index contributed by atoms with van der Waals surface area (Å²) in [5.41, 5.74) is 0.653. The molecule has 22 heavy (non-hydrogen) atoms. The fourth-order valence-corrected chi connectivity index (χ4v) is 4.01. The first kappa shape index (κ1) is 16.6. The number of rotatable bonds is 7. The first-order chi connectivity index (χ1) is 10.5. The number of hydrogen-bond donors (Lipinski definition) is 1. The monoisotopic (exact) mass is 343 g/mol. The van der Waals surface area contributed by atoms with Gasteiger partial charge in [0.25, 0.3) is 0 Å². The van der Waals surface area contributed by atoms with Crippen LogP contribution in [0.3, 0.4) is 0 Å². The minimum atomic E-state index is -3.53. The van der Waals surface area contributed by atoms with Crippen LogP contribution in [0.15, 0.2) is 33.9 Å². The van der Waals surface area contributed by atoms with Crippen molar-refractivity contribution < 1.29 is 22.6 Å². The van der Waals surface area contributed by atoms with Crippen LogP contribution in [-0.4, -0.2) is 29.7 Å². The second-order valence-corrected chi connectivity index (χ2v) is 7.19. The van der Waals surface area contributed by atoms with Crippen LogP contribution in [-0.2, 0) is 16.6 Å². The fourth-order valence-electron chi connectivity index (χ4n) is 1.96. The van der Waals surface area contributed by atoms with E-state index in [0.717, 1.165) is 11.3 Å². The van der Waals surface area contributed by atoms with E-state index in [1.165, 1.54) is 21.3 Å². The highest BCUT2D eigenvalue weighted by Gasteiger charge is 2.19. The van der Waals surface area contributed by atoms with Crippen molar-refractivity contribution in [2.45, 2.75) is 10.8 Å². The molecule has 0 bridgehead atoms. The average molecular weight is 343 g/mol. The number of hydrogen-bond acceptors (Lipinski definition) is 6. The molecule has 120 valence electrons. The predicted molar refractivity (Wildman–Crippen MR) is 84.4 cm³/mol. The Morgan fingerprint density at radius 1 is 1.05 bits per heavy atom. The van der Waals surface area contributed by atoms with Gasteiger partial charge < -0.3 is 14.2 Å². The maximum Gasteiger partial charge on any atom is 0.250 e. The van der Waals surface area contributed by atoms with Gasteiger partial charge in [-0.05, 0) is 17.5 Å². The summed E-state index contributed by atoms with van der Waals surface area (Å²) in [4.78, 5) is 0. The zero-order chi connectivity index (χ0) is 16.2. The van der Waals surface area contributed by atoms with Crippen LogP contribution in [0.1, 0.15) is 5.56 Å². The molecule has 0 aliphatic heterocycles. The molecule has 0 unspecified atom stereocenters. The summed E-state index contributed by atoms with van der Waals surface area (Å²) >= 11 is 1.16. The first-order valence-corrected chi connectivity index (χ1v) is 8.70. The van der Waals surface area contributed by atoms with Gasteiger partial charge in [0.15, 0.2) is 11.5 Å². The molecule has 1 N–H and O–H groups in total. The van der Waals surface area contributed by atoms with Gasteiger partial charge in [-0.25, -0.2) is 13.1 Å². The van der Waals surface area contributed by atoms with Crippen LogP contribution < -0.4 is 18.9 Å². The minimum absolute atomic E-state index is 0.0871. The molecule has 1 heterocycles. The van der Waals surface area contributed by atoms with Gasteiger partial charge in [-0.3, -0.25) is 0 Å². The average Bonchev–Trinajstić information content (AvgIpc) is 3.07. The van der Waals surface area contributed by atoms with E-state index in [2.05, 4.69) is 4.72 Å². The highest BCUT2D eigenvalue weighted by Crippen LogP contribution is 2.39. The Hall–Kier alpha value is -1.77. The van der Waals surface area contributed by atoms with Crippen molar-refractivity contribution in [1.29, 1.82) is 0 Å². The Kier molecular flexibility index (Phi) is 5.28. The van der Waals surface area contributed by atoms with E-state index in [1.54, 1.807) is 29.6 Å². The summed E-state index contributed by atoms with van der Waals surface area (Å²) in [6, 6.07) is 6.68. The number of benzene rings is 1. The molecule has 0 aliphatic carbocycles. The third-order valence-electron chi connectivity index (χ3n) is 3.00. The summed E-state index contributed by atoms with van der Waals surface area (Å²) < 4.78 is 42.9. The largest absolute Gasteiger partial charge is 0.493 e. The number of sulfonamides is 1. The van der Waals surface area contributed by atoms with Crippen molar-refractivity contribution in [3.63, 3.8) is 0 Å². The number of nitrogens with one attached hydrogen (secondary N) is 1. The molecule has 0 saturated carbocycles. The zero-order valence-electron chi connectivity index (χ0n) is 12.5. The van der Waals surface area contributed by atoms with Crippen LogP contribution >= 0.6 is 11.3 Å². The lowest BCUT2D eigenvalue weighted by Crippen LogP contribution is -2.22. The third-order valence-corrected chi connectivity index (χ3v) is 5.80. The Balaban J connectivity index is 2.27. The highest BCUT2D eigenvalue weighted by molar-refractivity contribution is 7.91. The van der Waals surface area contributed by atoms with Crippen LogP contribution in [0.4, 0.5) is 0 Å². The van der Waals surface area contributed by atoms with Crippen molar-refractivity contribution in [1.82, 2.24) is 4.72 Å². The van der Waals surface area contributed by atoms with Crippen LogP contribution in [0.25, 0.3) is 0 Å². The fraction of sp³-hybridized carbons (Fsp3) is 0.286. The smallest absolute Gasteiger partial charge is 0.250 e. The van der Waals surface area contributed by atoms with Crippen LogP contribution in [0.5, 0.6) is 17.2 Å². The molecular formula is C14H17NO5S2. The van der Waals surface area contributed by atoms with Gasteiger partial charge in [-0.2, -0.15) is 0 Å². The Morgan fingerprint density at radius 3 is 2.32 bits per heavy atom. The van der Waals surface area contributed by atoms with E-state index in [0.29, 0.717) is 22.8 Å². The summed E-state index contributed by atoms with van der Waals surface area (Å²) in [5.74, 6) is 1.39. The molecule has 0 spiro atoms. The van der Waals surface area contributed by atoms with Gasteiger partial charge >= 0.3 is 0 Å². The molecule has 0 atom stereocenters. The molecule has 0 amide bonds. The van der Waals surface area contributed by atoms with E-state index in [4.69, 9.17) is 14.2 Å². The van der Waals surface area contributed by atoms with Crippen molar-refractivity contribution in [3.8, 4) is 17.2 Å². The maximum atomic E-state index is 12.1. The molecular weight excluding hydrogens is 326 g/mol. The van der Waals surface area contributed by atoms with Gasteiger partial charge in [0, 0.05) is 12.1 Å². The van der Waals surface area contributed by atoms with E-state index >= 15 is 0 Å². The van der Waals surface area contributed by atoms with Gasteiger partial charge in [-0.15, -0.1) is 11.3 Å². The van der Waals surface area contributed by atoms with Gasteiger partial charge in [-0.1, -0.05) is 12.1 Å². The lowest BCUT2D eigenvalue weighted by molar-refractivity contribution is 0.322. The SMILES string of the molecule is COc1ccc(CNS(=O)(=O)c2cccs2)c(OC)c1OC. The molecule has 0 radical (unpaired) electrons. The quantitative estimate of drug-likeness (QED) is 0.835. The van der Waals surface area contributed by atoms with Crippen LogP contribution in [0.2, 0.25) is 0 Å². The normalized spacial score (nSPS) is 11.2. The van der Waals surface area contributed by atoms with E-state index in [9.17, 15) is 8.42 Å². The zero-order valence-corrected chi connectivity index (χ0v) is 14.1. The van der Waals surface area contributed by atoms with Gasteiger partial charge in [0.2, 0.25) is 15.8 Å². The summed E-state index contributed by atoms with van der Waals surface area (Å²) in [6.07, 6.45) is 0. The van der Waals surface area contributed by atoms with Crippen molar-refractivity contribution in [2.75, 3.05) is 21.3 Å². The van der Waals surface area contributed by atoms with E-state index < -0.39 is 10.0 Å². The second-order valence-electron chi connectivity index (χ2n) is 4.25. The Labute approximate surface area is 133 Å². The summed E-state index contributed by atoms with van der Waals surface area (Å²) in [5, 5.41) is 1.71. The number of methoxy groups -OCH3 is 3. The van der Waals surface area contributed by atoms with Crippen LogP contribution in [0, 0.1) is 0 Å². The Morgan fingerprint density at radius 2 is 1.77 bits per heavy atom. The topological polar surface area (TPSA) is 73.9 Å². The number of ether oxygens (including phenoxy) is 3. The van der Waals surface area contributed by atoms with E-state index in [1.807, 2.05) is 0 Å². The minimum Gasteiger partial charge on any atom is -0.493 e. The molecule has 0 fully saturated rings. The first-order valence-electron chi connectivity index (χ1n) is 6.34. The lowest BCUT2D eigenvalue weighted by atomic mass is 10.1. The molecule has 6 nitrogen and oxygen atoms in total. The lowest BCUT2D eigenvalue weighted by Gasteiger charge is -2.16. The molecule has 8 heteroatoms. The number of thiophene rings is 1. The maximum absolute atomic E-state index is 12.1. The van der Waals surface area contributed by atoms with Crippen molar-refractivity contribution >= 4 is 21.4 Å². The van der Waals surface area contributed by atoms with E-state index in [-0.39, 0.29) is 10.8 Å². The molecule has 1 aromatic heterocycles. The molecule has 0 aliphatic rings. The summed E-state index contributed by atoms with van der Waals surface area (Å²) in [7, 11) is 0.984. The third kappa shape index (κ3) is 3.34.